The van der Waals surface area contributed by atoms with E-state index >= 15 is 0 Å². The Morgan fingerprint density at radius 1 is 1.31 bits per heavy atom. The van der Waals surface area contributed by atoms with Gasteiger partial charge in [-0.2, -0.15) is 0 Å². The predicted octanol–water partition coefficient (Wildman–Crippen LogP) is 3.25. The zero-order valence-corrected chi connectivity index (χ0v) is 21.5. The molecule has 3 rings (SSSR count). The van der Waals surface area contributed by atoms with Crippen molar-refractivity contribution in [1.29, 1.82) is 0 Å². The summed E-state index contributed by atoms with van der Waals surface area (Å²) in [6.07, 6.45) is 3.96. The highest BCUT2D eigenvalue weighted by Gasteiger charge is 2.26. The number of nitrogens with zero attached hydrogens (tertiary/aromatic N) is 2. The van der Waals surface area contributed by atoms with Gasteiger partial charge < -0.3 is 30.3 Å². The quantitative estimate of drug-likeness (QED) is 0.428. The molecule has 0 fully saturated rings. The fourth-order valence-electron chi connectivity index (χ4n) is 3.34. The number of amides is 1. The minimum absolute atomic E-state index is 0.0281. The number of carbonyl (C=O) groups is 1. The number of rotatable bonds is 10. The lowest BCUT2D eigenvalue weighted by molar-refractivity contribution is -0.117. The van der Waals surface area contributed by atoms with Crippen molar-refractivity contribution in [2.45, 2.75) is 32.4 Å². The lowest BCUT2D eigenvalue weighted by Gasteiger charge is -2.32. The number of anilines is 1. The predicted molar refractivity (Wildman–Crippen MR) is 138 cm³/mol. The largest absolute Gasteiger partial charge is 0.492 e. The Morgan fingerprint density at radius 3 is 2.80 bits per heavy atom. The number of para-hydroxylation sites is 1. The Kier molecular flexibility index (Phi) is 8.63. The first kappa shape index (κ1) is 26.4. The molecule has 1 aromatic heterocycles. The number of hydrogen-bond donors (Lipinski definition) is 3. The summed E-state index contributed by atoms with van der Waals surface area (Å²) in [5.74, 6) is -0.128. The monoisotopic (exact) mass is 501 g/mol. The molecule has 1 aromatic carbocycles. The van der Waals surface area contributed by atoms with Crippen LogP contribution in [0.25, 0.3) is 0 Å². The lowest BCUT2D eigenvalue weighted by atomic mass is 10.1. The van der Waals surface area contributed by atoms with Crippen LogP contribution in [0.5, 0.6) is 11.5 Å². The Hall–Kier alpha value is -3.24. The fraction of sp³-hybridized carbons (Fsp3) is 0.400. The third kappa shape index (κ3) is 6.46. The van der Waals surface area contributed by atoms with E-state index in [9.17, 15) is 9.18 Å². The van der Waals surface area contributed by atoms with E-state index in [1.54, 1.807) is 24.5 Å². The second-order valence-corrected chi connectivity index (χ2v) is 9.37. The number of likely N-dealkylation sites (N-methyl/N-ethyl adjacent to an activating group) is 1. The number of carbonyl (C=O) groups excluding carboxylic acids is 1. The molecule has 2 heterocycles. The van der Waals surface area contributed by atoms with E-state index in [0.717, 1.165) is 5.56 Å². The molecule has 0 aliphatic carbocycles. The van der Waals surface area contributed by atoms with Crippen molar-refractivity contribution < 1.29 is 18.7 Å². The van der Waals surface area contributed by atoms with Crippen LogP contribution in [0.2, 0.25) is 0 Å². The molecule has 0 saturated heterocycles. The smallest absolute Gasteiger partial charge is 0.256 e. The molecule has 0 spiro atoms. The Morgan fingerprint density at radius 2 is 2.09 bits per heavy atom. The molecule has 8 nitrogen and oxygen atoms in total. The molecule has 3 N–H and O–H groups in total. The van der Waals surface area contributed by atoms with Crippen LogP contribution >= 0.6 is 12.2 Å². The van der Waals surface area contributed by atoms with Crippen molar-refractivity contribution in [2.24, 2.45) is 0 Å². The summed E-state index contributed by atoms with van der Waals surface area (Å²) in [5.41, 5.74) is 2.09. The lowest BCUT2D eigenvalue weighted by Crippen LogP contribution is -2.43. The maximum absolute atomic E-state index is 14.1. The number of halogens is 1. The van der Waals surface area contributed by atoms with Gasteiger partial charge in [0, 0.05) is 42.5 Å². The van der Waals surface area contributed by atoms with Gasteiger partial charge in [-0.15, -0.1) is 0 Å². The second kappa shape index (κ2) is 11.5. The van der Waals surface area contributed by atoms with Crippen LogP contribution in [-0.4, -0.2) is 60.7 Å². The van der Waals surface area contributed by atoms with Gasteiger partial charge in [0.05, 0.1) is 24.6 Å². The van der Waals surface area contributed by atoms with Gasteiger partial charge in [0.25, 0.3) is 5.91 Å². The van der Waals surface area contributed by atoms with Crippen LogP contribution in [0.1, 0.15) is 25.8 Å². The highest BCUT2D eigenvalue weighted by molar-refractivity contribution is 7.81. The fourth-order valence-corrected chi connectivity index (χ4v) is 3.66. The van der Waals surface area contributed by atoms with E-state index in [-0.39, 0.29) is 22.2 Å². The van der Waals surface area contributed by atoms with Crippen LogP contribution < -0.4 is 25.4 Å². The molecular formula is C25H32FN5O3S. The average Bonchev–Trinajstić information content (AvgIpc) is 2.82. The molecule has 0 atom stereocenters. The molecule has 0 bridgehead atoms. The first-order chi connectivity index (χ1) is 16.6. The number of aromatic nitrogens is 1. The van der Waals surface area contributed by atoms with Crippen molar-refractivity contribution >= 4 is 28.8 Å². The minimum Gasteiger partial charge on any atom is -0.492 e. The van der Waals surface area contributed by atoms with Crippen LogP contribution in [-0.2, 0) is 11.3 Å². The SMILES string of the molecule is COc1c(F)cccc1NC(=S)C1=C(NCc2ccncc2OCC(C)(C)N(C)C)CCNC1=O. The average molecular weight is 502 g/mol. The van der Waals surface area contributed by atoms with Gasteiger partial charge in [-0.05, 0) is 46.1 Å². The summed E-state index contributed by atoms with van der Waals surface area (Å²) in [4.78, 5) is 19.2. The van der Waals surface area contributed by atoms with Crippen molar-refractivity contribution in [3.63, 3.8) is 0 Å². The van der Waals surface area contributed by atoms with Gasteiger partial charge >= 0.3 is 0 Å². The topological polar surface area (TPSA) is 87.8 Å². The Labute approximate surface area is 210 Å². The highest BCUT2D eigenvalue weighted by Crippen LogP contribution is 2.28. The Balaban J connectivity index is 1.79. The zero-order valence-electron chi connectivity index (χ0n) is 20.7. The molecule has 10 heteroatoms. The third-order valence-electron chi connectivity index (χ3n) is 5.99. The van der Waals surface area contributed by atoms with E-state index < -0.39 is 5.82 Å². The summed E-state index contributed by atoms with van der Waals surface area (Å²) in [7, 11) is 5.39. The number of benzene rings is 1. The number of ether oxygens (including phenoxy) is 2. The van der Waals surface area contributed by atoms with E-state index in [4.69, 9.17) is 21.7 Å². The minimum atomic E-state index is -0.525. The number of hydrogen-bond acceptors (Lipinski definition) is 7. The van der Waals surface area contributed by atoms with Gasteiger partial charge in [0.2, 0.25) is 0 Å². The molecule has 188 valence electrons. The molecule has 2 aromatic rings. The first-order valence-electron chi connectivity index (χ1n) is 11.3. The van der Waals surface area contributed by atoms with E-state index in [1.807, 2.05) is 20.2 Å². The molecule has 35 heavy (non-hydrogen) atoms. The van der Waals surface area contributed by atoms with Gasteiger partial charge in [0.1, 0.15) is 17.3 Å². The summed E-state index contributed by atoms with van der Waals surface area (Å²) in [6.45, 7) is 5.57. The number of nitrogens with one attached hydrogen (secondary N) is 3. The zero-order chi connectivity index (χ0) is 25.6. The molecule has 1 aliphatic heterocycles. The summed E-state index contributed by atoms with van der Waals surface area (Å²) in [5, 5.41) is 9.13. The normalized spacial score (nSPS) is 14.0. The van der Waals surface area contributed by atoms with Gasteiger partial charge in [-0.1, -0.05) is 18.3 Å². The maximum Gasteiger partial charge on any atom is 0.256 e. The molecule has 1 amide bonds. The number of pyridine rings is 1. The maximum atomic E-state index is 14.1. The van der Waals surface area contributed by atoms with Gasteiger partial charge in [-0.3, -0.25) is 9.78 Å². The van der Waals surface area contributed by atoms with Crippen molar-refractivity contribution in [3.8, 4) is 11.5 Å². The van der Waals surface area contributed by atoms with Crippen LogP contribution in [0.4, 0.5) is 10.1 Å². The standard InChI is InChI=1S/C25H32FN5O3S/c1-25(2,31(3)4)15-34-20-14-27-11-9-16(20)13-29-18-10-12-28-23(32)21(18)24(35)30-19-8-6-7-17(26)22(19)33-5/h6-9,11,14,29H,10,12-13,15H2,1-5H3,(H,28,32)(H,30,35). The van der Waals surface area contributed by atoms with Crippen molar-refractivity contribution in [1.82, 2.24) is 20.5 Å². The molecular weight excluding hydrogens is 469 g/mol. The Bertz CT molecular complexity index is 1120. The van der Waals surface area contributed by atoms with Gasteiger partial charge in [-0.25, -0.2) is 4.39 Å². The number of thiocarbonyl (C=S) groups is 1. The molecule has 0 unspecified atom stereocenters. The van der Waals surface area contributed by atoms with E-state index in [0.29, 0.717) is 48.8 Å². The number of methoxy groups -OCH3 is 1. The second-order valence-electron chi connectivity index (χ2n) is 8.97. The van der Waals surface area contributed by atoms with Crippen LogP contribution in [0.3, 0.4) is 0 Å². The van der Waals surface area contributed by atoms with Crippen LogP contribution in [0.15, 0.2) is 47.9 Å². The van der Waals surface area contributed by atoms with Crippen molar-refractivity contribution in [3.05, 3.63) is 59.3 Å². The molecule has 1 aliphatic rings. The summed E-state index contributed by atoms with van der Waals surface area (Å²) < 4.78 is 25.3. The third-order valence-corrected chi connectivity index (χ3v) is 6.30. The summed E-state index contributed by atoms with van der Waals surface area (Å²) in [6, 6.07) is 6.35. The van der Waals surface area contributed by atoms with E-state index in [2.05, 4.69) is 39.7 Å². The molecule has 0 radical (unpaired) electrons. The highest BCUT2D eigenvalue weighted by atomic mass is 32.1. The first-order valence-corrected chi connectivity index (χ1v) is 11.7. The van der Waals surface area contributed by atoms with Gasteiger partial charge in [0.15, 0.2) is 11.6 Å². The van der Waals surface area contributed by atoms with Crippen LogP contribution in [0, 0.1) is 5.82 Å². The van der Waals surface area contributed by atoms with Crippen molar-refractivity contribution in [2.75, 3.05) is 39.7 Å². The summed E-state index contributed by atoms with van der Waals surface area (Å²) >= 11 is 5.54. The molecule has 0 saturated carbocycles. The van der Waals surface area contributed by atoms with E-state index in [1.165, 1.54) is 13.2 Å².